The average molecular weight is 579 g/mol. The van der Waals surface area contributed by atoms with E-state index in [1.807, 2.05) is 12.3 Å². The fourth-order valence-corrected chi connectivity index (χ4v) is 7.11. The molecule has 1 N–H and O–H groups in total. The lowest BCUT2D eigenvalue weighted by Crippen LogP contribution is -2.53. The first-order valence-corrected chi connectivity index (χ1v) is 14.7. The van der Waals surface area contributed by atoms with Crippen molar-refractivity contribution >= 4 is 29.3 Å². The highest BCUT2D eigenvalue weighted by Gasteiger charge is 2.57. The Labute approximate surface area is 245 Å². The number of fused-ring (bicyclic) bond motifs is 3. The molecule has 0 bridgehead atoms. The summed E-state index contributed by atoms with van der Waals surface area (Å²) in [4.78, 5) is 33.3. The predicted molar refractivity (Wildman–Crippen MR) is 152 cm³/mol. The van der Waals surface area contributed by atoms with Crippen molar-refractivity contribution in [1.29, 1.82) is 0 Å². The molecule has 8 nitrogen and oxygen atoms in total. The molecule has 1 aromatic heterocycles. The Bertz CT molecular complexity index is 1610. The molecule has 10 heteroatoms. The number of nitrogens with one attached hydrogen (secondary N) is 1. The number of nitrogens with zero attached hydrogens (tertiary/aromatic N) is 2. The van der Waals surface area contributed by atoms with Crippen LogP contribution in [-0.4, -0.2) is 72.0 Å². The number of likely N-dealkylation sites (N-methyl/N-ethyl adjacent to an activating group) is 1. The first-order chi connectivity index (χ1) is 20.5. The van der Waals surface area contributed by atoms with E-state index in [4.69, 9.17) is 29.9 Å². The number of aryl methyl sites for hydroxylation is 1. The van der Waals surface area contributed by atoms with Gasteiger partial charge in [0.1, 0.15) is 6.10 Å². The smallest absolute Gasteiger partial charge is 0.274 e. The lowest BCUT2D eigenvalue weighted by Gasteiger charge is -2.38. The van der Waals surface area contributed by atoms with Gasteiger partial charge in [-0.15, -0.1) is 11.8 Å². The summed E-state index contributed by atoms with van der Waals surface area (Å²) in [5.41, 5.74) is 0.756. The molecular formula is C29H36ClN3O5S. The van der Waals surface area contributed by atoms with Gasteiger partial charge >= 0.3 is 0 Å². The molecule has 0 unspecified atom stereocenters. The fraction of sp³-hybridized carbons (Fsp3) is 0.586. The Kier molecular flexibility index (Phi) is 5.21. The van der Waals surface area contributed by atoms with Gasteiger partial charge in [-0.1, -0.05) is 11.6 Å². The lowest BCUT2D eigenvalue weighted by molar-refractivity contribution is -0.190. The van der Waals surface area contributed by atoms with Crippen LogP contribution in [0.5, 0.6) is 11.5 Å². The summed E-state index contributed by atoms with van der Waals surface area (Å²) >= 11 is 8.40. The summed E-state index contributed by atoms with van der Waals surface area (Å²) < 4.78 is 60.5. The summed E-state index contributed by atoms with van der Waals surface area (Å²) in [6, 6.07) is 1.53. The highest BCUT2D eigenvalue weighted by Crippen LogP contribution is 2.61. The van der Waals surface area contributed by atoms with Gasteiger partial charge < -0.3 is 29.0 Å². The zero-order chi connectivity index (χ0) is 32.1. The second kappa shape index (κ2) is 9.43. The largest absolute Gasteiger partial charge is 0.446 e. The second-order valence-electron chi connectivity index (χ2n) is 11.1. The maximum atomic E-state index is 14.3. The van der Waals surface area contributed by atoms with E-state index < -0.39 is 36.7 Å². The van der Waals surface area contributed by atoms with Gasteiger partial charge in [0.15, 0.2) is 11.5 Å². The van der Waals surface area contributed by atoms with E-state index >= 15 is 0 Å². The van der Waals surface area contributed by atoms with Crippen molar-refractivity contribution in [2.45, 2.75) is 81.2 Å². The number of halogens is 1. The van der Waals surface area contributed by atoms with Crippen molar-refractivity contribution in [2.75, 3.05) is 33.4 Å². The van der Waals surface area contributed by atoms with Crippen molar-refractivity contribution in [3.05, 3.63) is 49.4 Å². The van der Waals surface area contributed by atoms with Crippen molar-refractivity contribution < 1.29 is 25.9 Å². The lowest BCUT2D eigenvalue weighted by atomic mass is 9.83. The highest BCUT2D eigenvalue weighted by atomic mass is 35.5. The second-order valence-corrected chi connectivity index (χ2v) is 12.4. The van der Waals surface area contributed by atoms with E-state index in [1.165, 1.54) is 21.6 Å². The minimum atomic E-state index is -2.24. The third-order valence-corrected chi connectivity index (χ3v) is 9.55. The quantitative estimate of drug-likeness (QED) is 0.517. The van der Waals surface area contributed by atoms with Gasteiger partial charge in [0.25, 0.3) is 17.3 Å². The number of hydrogen-bond donors (Lipinski definition) is 1. The molecule has 6 rings (SSSR count). The van der Waals surface area contributed by atoms with Crippen LogP contribution in [0.4, 0.5) is 0 Å². The number of H-pyrrole nitrogens is 1. The summed E-state index contributed by atoms with van der Waals surface area (Å²) in [6.45, 7) is 0.851. The van der Waals surface area contributed by atoms with Gasteiger partial charge in [-0.2, -0.15) is 0 Å². The fourth-order valence-electron chi connectivity index (χ4n) is 6.01. The van der Waals surface area contributed by atoms with Crippen molar-refractivity contribution in [1.82, 2.24) is 14.8 Å². The number of ether oxygens (including phenoxy) is 3. The van der Waals surface area contributed by atoms with E-state index in [0.29, 0.717) is 58.7 Å². The summed E-state index contributed by atoms with van der Waals surface area (Å²) in [6.07, 6.45) is 3.25. The van der Waals surface area contributed by atoms with Crippen LogP contribution in [0.1, 0.15) is 72.2 Å². The number of carbonyl (C=O) groups excluding carboxylic acids is 1. The van der Waals surface area contributed by atoms with E-state index in [-0.39, 0.29) is 41.1 Å². The first kappa shape index (κ1) is 21.5. The number of hydrogen-bond acceptors (Lipinski definition) is 7. The molecule has 39 heavy (non-hydrogen) atoms. The van der Waals surface area contributed by atoms with Crippen LogP contribution in [0, 0.1) is 13.8 Å². The van der Waals surface area contributed by atoms with Crippen molar-refractivity contribution in [3.8, 4) is 11.5 Å². The molecule has 2 aromatic rings. The minimum Gasteiger partial charge on any atom is -0.446 e. The van der Waals surface area contributed by atoms with Gasteiger partial charge in [0, 0.05) is 45.1 Å². The van der Waals surface area contributed by atoms with Crippen molar-refractivity contribution in [3.63, 3.8) is 0 Å². The molecule has 3 atom stereocenters. The number of thioether (sulfide) groups is 1. The molecule has 3 aliphatic heterocycles. The Morgan fingerprint density at radius 1 is 1.28 bits per heavy atom. The first-order valence-electron chi connectivity index (χ1n) is 15.6. The molecule has 1 saturated carbocycles. The molecule has 4 heterocycles. The molecule has 1 saturated heterocycles. The molecule has 0 radical (unpaired) electrons. The molecule has 1 amide bonds. The molecule has 210 valence electrons. The van der Waals surface area contributed by atoms with Crippen LogP contribution in [-0.2, 0) is 16.7 Å². The third kappa shape index (κ3) is 4.28. The SMILES string of the molecule is [2H]C([2H])([2H])N(C)[C@@H]1CC[C@@H]([C@@]2(C)Oc3c(C)c4c(c(Cl)c3O2)C2(CC2)C([2H])([2H])N(Cc2c(SC)cc(C)[nH]c2=O)C4=O)OC1. The Balaban J connectivity index is 1.36. The van der Waals surface area contributed by atoms with Crippen LogP contribution in [0.15, 0.2) is 15.8 Å². The number of carbonyl (C=O) groups is 1. The molecule has 1 aromatic carbocycles. The van der Waals surface area contributed by atoms with Gasteiger partial charge in [0.05, 0.1) is 32.0 Å². The van der Waals surface area contributed by atoms with E-state index in [9.17, 15) is 12.3 Å². The molecule has 4 aliphatic rings. The number of aromatic nitrogens is 1. The van der Waals surface area contributed by atoms with E-state index in [1.54, 1.807) is 27.8 Å². The Hall–Kier alpha value is -2.20. The van der Waals surface area contributed by atoms with Crippen molar-refractivity contribution in [2.24, 2.45) is 0 Å². The third-order valence-electron chi connectivity index (χ3n) is 8.39. The maximum Gasteiger partial charge on any atom is 0.274 e. The summed E-state index contributed by atoms with van der Waals surface area (Å²) in [5.74, 6) is -1.33. The van der Waals surface area contributed by atoms with Crippen LogP contribution < -0.4 is 15.0 Å². The molecule has 1 spiro atoms. The zero-order valence-electron chi connectivity index (χ0n) is 27.7. The minimum absolute atomic E-state index is 0.146. The standard InChI is InChI=1S/C29H36ClN3O5S/c1-15-11-19(39-6)18(26(34)31-15)12-33-14-29(9-10-29)22-21(27(33)35)16(2)24-25(23(22)30)38-28(3,37-24)20-8-7-17(13-36-20)32(4)5/h11,17,20H,7-10,12-14H2,1-6H3,(H,31,34)/t17-,20+,28+/m1/s1/i4D3,14D2. The Morgan fingerprint density at radius 2 is 2.03 bits per heavy atom. The van der Waals surface area contributed by atoms with E-state index in [2.05, 4.69) is 4.98 Å². The van der Waals surface area contributed by atoms with Crippen LogP contribution in [0.25, 0.3) is 0 Å². The van der Waals surface area contributed by atoms with Crippen LogP contribution in [0.3, 0.4) is 0 Å². The van der Waals surface area contributed by atoms with E-state index in [0.717, 1.165) is 0 Å². The summed E-state index contributed by atoms with van der Waals surface area (Å²) in [5, 5.41) is 0.146. The number of rotatable bonds is 5. The molecule has 1 aliphatic carbocycles. The number of pyridine rings is 1. The monoisotopic (exact) mass is 578 g/mol. The Morgan fingerprint density at radius 3 is 2.67 bits per heavy atom. The summed E-state index contributed by atoms with van der Waals surface area (Å²) in [7, 11) is 1.55. The van der Waals surface area contributed by atoms with Crippen LogP contribution in [0.2, 0.25) is 5.02 Å². The zero-order valence-corrected chi connectivity index (χ0v) is 24.3. The number of benzene rings is 1. The molecular weight excluding hydrogens is 538 g/mol. The average Bonchev–Trinajstić information content (AvgIpc) is 3.68. The van der Waals surface area contributed by atoms with Gasteiger partial charge in [-0.3, -0.25) is 9.59 Å². The topological polar surface area (TPSA) is 84.1 Å². The highest BCUT2D eigenvalue weighted by molar-refractivity contribution is 7.98. The van der Waals surface area contributed by atoms with Gasteiger partial charge in [-0.05, 0) is 71.4 Å². The number of aromatic amines is 1. The molecule has 2 fully saturated rings. The predicted octanol–water partition coefficient (Wildman–Crippen LogP) is 4.65. The normalized spacial score (nSPS) is 30.4. The number of amides is 1. The van der Waals surface area contributed by atoms with Gasteiger partial charge in [0.2, 0.25) is 0 Å². The van der Waals surface area contributed by atoms with Gasteiger partial charge in [-0.25, -0.2) is 0 Å². The maximum absolute atomic E-state index is 14.3. The van der Waals surface area contributed by atoms with Crippen LogP contribution >= 0.6 is 23.4 Å².